The van der Waals surface area contributed by atoms with Crippen molar-refractivity contribution < 1.29 is 9.84 Å². The fourth-order valence-electron chi connectivity index (χ4n) is 2.92. The van der Waals surface area contributed by atoms with Gasteiger partial charge in [-0.15, -0.1) is 0 Å². The summed E-state index contributed by atoms with van der Waals surface area (Å²) < 4.78 is 5.46. The van der Waals surface area contributed by atoms with Crippen molar-refractivity contribution in [2.24, 2.45) is 5.92 Å². The van der Waals surface area contributed by atoms with Gasteiger partial charge in [0.15, 0.2) is 0 Å². The zero-order valence-corrected chi connectivity index (χ0v) is 13.1. The Kier molecular flexibility index (Phi) is 6.10. The monoisotopic (exact) mass is 287 g/mol. The Balaban J connectivity index is 2.07. The molecular formula is C18H25NO2. The van der Waals surface area contributed by atoms with Crippen LogP contribution in [0.5, 0.6) is 5.75 Å². The molecule has 0 unspecified atom stereocenters. The maximum absolute atomic E-state index is 8.80. The van der Waals surface area contributed by atoms with Gasteiger partial charge in [-0.05, 0) is 50.0 Å². The number of rotatable bonds is 4. The molecule has 2 rings (SSSR count). The van der Waals surface area contributed by atoms with Gasteiger partial charge < -0.3 is 9.84 Å². The molecule has 1 aliphatic rings. The Morgan fingerprint density at radius 2 is 2.10 bits per heavy atom. The fourth-order valence-corrected chi connectivity index (χ4v) is 2.92. The Bertz CT molecular complexity index is 508. The van der Waals surface area contributed by atoms with E-state index in [9.17, 15) is 0 Å². The Hall–Kier alpha value is -1.50. The van der Waals surface area contributed by atoms with E-state index in [4.69, 9.17) is 9.84 Å². The van der Waals surface area contributed by atoms with Crippen LogP contribution in [-0.4, -0.2) is 36.8 Å². The number of likely N-dealkylation sites (tertiary alicyclic amines) is 1. The molecule has 3 heteroatoms. The number of benzene rings is 1. The molecule has 1 fully saturated rings. The number of nitrogens with zero attached hydrogens (tertiary/aromatic N) is 1. The molecule has 0 amide bonds. The van der Waals surface area contributed by atoms with E-state index in [2.05, 4.69) is 29.7 Å². The van der Waals surface area contributed by atoms with Gasteiger partial charge in [-0.25, -0.2) is 0 Å². The predicted molar refractivity (Wildman–Crippen MR) is 85.2 cm³/mol. The SMILES string of the molecule is CCC1CCN(Cc2cc(C#CCO)ccc2OC)CC1. The molecule has 0 aliphatic carbocycles. The highest BCUT2D eigenvalue weighted by molar-refractivity contribution is 5.44. The summed E-state index contributed by atoms with van der Waals surface area (Å²) in [7, 11) is 1.71. The molecule has 3 nitrogen and oxygen atoms in total. The summed E-state index contributed by atoms with van der Waals surface area (Å²) in [5.74, 6) is 7.47. The van der Waals surface area contributed by atoms with Crippen LogP contribution >= 0.6 is 0 Å². The molecule has 1 N–H and O–H groups in total. The molecule has 1 aromatic rings. The summed E-state index contributed by atoms with van der Waals surface area (Å²) in [6.45, 7) is 5.41. The number of methoxy groups -OCH3 is 1. The summed E-state index contributed by atoms with van der Waals surface area (Å²) in [5.41, 5.74) is 2.11. The van der Waals surface area contributed by atoms with Crippen LogP contribution in [0.3, 0.4) is 0 Å². The first-order valence-electron chi connectivity index (χ1n) is 7.75. The summed E-state index contributed by atoms with van der Waals surface area (Å²) in [6.07, 6.45) is 3.88. The van der Waals surface area contributed by atoms with Crippen molar-refractivity contribution in [3.05, 3.63) is 29.3 Å². The minimum atomic E-state index is -0.105. The fraction of sp³-hybridized carbons (Fsp3) is 0.556. The van der Waals surface area contributed by atoms with Gasteiger partial charge in [0.1, 0.15) is 12.4 Å². The lowest BCUT2D eigenvalue weighted by molar-refractivity contribution is 0.173. The lowest BCUT2D eigenvalue weighted by atomic mass is 9.94. The number of piperidine rings is 1. The normalized spacial score (nSPS) is 16.3. The standard InChI is InChI=1S/C18H25NO2/c1-3-15-8-10-19(11-9-15)14-17-13-16(5-4-12-20)6-7-18(17)21-2/h6-7,13,15,20H,3,8-12,14H2,1-2H3. The van der Waals surface area contributed by atoms with Gasteiger partial charge in [0.2, 0.25) is 0 Å². The van der Waals surface area contributed by atoms with Crippen molar-refractivity contribution in [1.82, 2.24) is 4.90 Å². The molecule has 0 atom stereocenters. The van der Waals surface area contributed by atoms with E-state index in [0.29, 0.717) is 0 Å². The number of hydrogen-bond acceptors (Lipinski definition) is 3. The summed E-state index contributed by atoms with van der Waals surface area (Å²) in [5, 5.41) is 8.80. The average Bonchev–Trinajstić information content (AvgIpc) is 2.54. The van der Waals surface area contributed by atoms with Crippen molar-refractivity contribution in [3.63, 3.8) is 0 Å². The van der Waals surface area contributed by atoms with Gasteiger partial charge in [-0.3, -0.25) is 4.90 Å². The van der Waals surface area contributed by atoms with Gasteiger partial charge in [0, 0.05) is 17.7 Å². The number of aliphatic hydroxyl groups excluding tert-OH is 1. The van der Waals surface area contributed by atoms with E-state index in [1.165, 1.54) is 24.8 Å². The predicted octanol–water partition coefficient (Wildman–Crippen LogP) is 2.66. The molecule has 1 aromatic carbocycles. The molecule has 0 saturated carbocycles. The van der Waals surface area contributed by atoms with E-state index in [-0.39, 0.29) is 6.61 Å². The van der Waals surface area contributed by atoms with Crippen molar-refractivity contribution in [2.45, 2.75) is 32.7 Å². The molecule has 21 heavy (non-hydrogen) atoms. The molecule has 114 valence electrons. The second-order valence-electron chi connectivity index (χ2n) is 5.61. The molecule has 0 bridgehead atoms. The molecule has 0 radical (unpaired) electrons. The van der Waals surface area contributed by atoms with Crippen LogP contribution in [0.25, 0.3) is 0 Å². The highest BCUT2D eigenvalue weighted by Crippen LogP contribution is 2.25. The topological polar surface area (TPSA) is 32.7 Å². The molecule has 1 aliphatic heterocycles. The Morgan fingerprint density at radius 3 is 2.71 bits per heavy atom. The van der Waals surface area contributed by atoms with Crippen molar-refractivity contribution in [3.8, 4) is 17.6 Å². The third-order valence-corrected chi connectivity index (χ3v) is 4.27. The lowest BCUT2D eigenvalue weighted by Gasteiger charge is -2.31. The van der Waals surface area contributed by atoms with Crippen molar-refractivity contribution >= 4 is 0 Å². The van der Waals surface area contributed by atoms with Crippen LogP contribution in [0, 0.1) is 17.8 Å². The lowest BCUT2D eigenvalue weighted by Crippen LogP contribution is -2.33. The van der Waals surface area contributed by atoms with Crippen LogP contribution in [0.1, 0.15) is 37.3 Å². The zero-order chi connectivity index (χ0) is 15.1. The molecule has 1 saturated heterocycles. The second kappa shape index (κ2) is 8.07. The summed E-state index contributed by atoms with van der Waals surface area (Å²) in [6, 6.07) is 5.98. The van der Waals surface area contributed by atoms with Crippen LogP contribution in [0.15, 0.2) is 18.2 Å². The van der Waals surface area contributed by atoms with Gasteiger partial charge in [-0.2, -0.15) is 0 Å². The first-order chi connectivity index (χ1) is 10.3. The van der Waals surface area contributed by atoms with Gasteiger partial charge in [-0.1, -0.05) is 25.2 Å². The first-order valence-corrected chi connectivity index (χ1v) is 7.75. The van der Waals surface area contributed by atoms with Gasteiger partial charge in [0.05, 0.1) is 7.11 Å². The van der Waals surface area contributed by atoms with E-state index < -0.39 is 0 Å². The first kappa shape index (κ1) is 15.9. The number of ether oxygens (including phenoxy) is 1. The summed E-state index contributed by atoms with van der Waals surface area (Å²) >= 11 is 0. The minimum Gasteiger partial charge on any atom is -0.496 e. The third kappa shape index (κ3) is 4.49. The van der Waals surface area contributed by atoms with Gasteiger partial charge in [0.25, 0.3) is 0 Å². The largest absolute Gasteiger partial charge is 0.496 e. The summed E-state index contributed by atoms with van der Waals surface area (Å²) in [4.78, 5) is 2.49. The quantitative estimate of drug-likeness (QED) is 0.864. The maximum atomic E-state index is 8.80. The van der Waals surface area contributed by atoms with Crippen LogP contribution in [-0.2, 0) is 6.54 Å². The average molecular weight is 287 g/mol. The van der Waals surface area contributed by atoms with Crippen LogP contribution in [0.2, 0.25) is 0 Å². The highest BCUT2D eigenvalue weighted by Gasteiger charge is 2.18. The molecule has 0 aromatic heterocycles. The third-order valence-electron chi connectivity index (χ3n) is 4.27. The van der Waals surface area contributed by atoms with E-state index >= 15 is 0 Å². The van der Waals surface area contributed by atoms with Crippen LogP contribution in [0.4, 0.5) is 0 Å². The molecule has 1 heterocycles. The van der Waals surface area contributed by atoms with E-state index in [1.807, 2.05) is 12.1 Å². The number of aliphatic hydroxyl groups is 1. The number of hydrogen-bond donors (Lipinski definition) is 1. The van der Waals surface area contributed by atoms with Crippen molar-refractivity contribution in [1.29, 1.82) is 0 Å². The second-order valence-corrected chi connectivity index (χ2v) is 5.61. The zero-order valence-electron chi connectivity index (χ0n) is 13.1. The molecular weight excluding hydrogens is 262 g/mol. The maximum Gasteiger partial charge on any atom is 0.123 e. The Morgan fingerprint density at radius 1 is 1.33 bits per heavy atom. The van der Waals surface area contributed by atoms with Gasteiger partial charge >= 0.3 is 0 Å². The smallest absolute Gasteiger partial charge is 0.123 e. The minimum absolute atomic E-state index is 0.105. The molecule has 0 spiro atoms. The van der Waals surface area contributed by atoms with E-state index in [0.717, 1.165) is 36.9 Å². The van der Waals surface area contributed by atoms with Crippen LogP contribution < -0.4 is 4.74 Å². The van der Waals surface area contributed by atoms with Crippen molar-refractivity contribution in [2.75, 3.05) is 26.8 Å². The van der Waals surface area contributed by atoms with E-state index in [1.54, 1.807) is 7.11 Å². The Labute approximate surface area is 127 Å². The highest BCUT2D eigenvalue weighted by atomic mass is 16.5.